The first-order chi connectivity index (χ1) is 14.2. The summed E-state index contributed by atoms with van der Waals surface area (Å²) in [7, 11) is 0. The van der Waals surface area contributed by atoms with E-state index in [1.165, 1.54) is 5.56 Å². The number of aromatic nitrogens is 3. The fourth-order valence-corrected chi connectivity index (χ4v) is 3.17. The smallest absolute Gasteiger partial charge is 0.251 e. The van der Waals surface area contributed by atoms with E-state index in [1.54, 1.807) is 30.5 Å². The predicted octanol–water partition coefficient (Wildman–Crippen LogP) is 3.71. The van der Waals surface area contributed by atoms with Gasteiger partial charge in [0.15, 0.2) is 5.65 Å². The number of carbonyl (C=O) groups excluding carboxylic acids is 1. The molecule has 2 heterocycles. The van der Waals surface area contributed by atoms with E-state index in [4.69, 9.17) is 10.2 Å². The van der Waals surface area contributed by atoms with Gasteiger partial charge in [-0.25, -0.2) is 9.97 Å². The summed E-state index contributed by atoms with van der Waals surface area (Å²) in [5, 5.41) is 11.8. The lowest BCUT2D eigenvalue weighted by Gasteiger charge is -2.10. The Morgan fingerprint density at radius 1 is 1.10 bits per heavy atom. The van der Waals surface area contributed by atoms with Crippen molar-refractivity contribution in [1.29, 1.82) is 5.26 Å². The summed E-state index contributed by atoms with van der Waals surface area (Å²) in [5.74, 6) is 0.648. The number of pyridine rings is 1. The van der Waals surface area contributed by atoms with Gasteiger partial charge < -0.3 is 9.88 Å². The summed E-state index contributed by atoms with van der Waals surface area (Å²) in [6.07, 6.45) is 1.74. The van der Waals surface area contributed by atoms with Gasteiger partial charge >= 0.3 is 0 Å². The number of rotatable bonds is 5. The SMILES string of the molecule is Cc1ccc(-c2nc3cccnc3n2CCNC(=O)c2ccc(C#N)cc2)cc1. The summed E-state index contributed by atoms with van der Waals surface area (Å²) in [4.78, 5) is 21.6. The molecule has 6 heteroatoms. The van der Waals surface area contributed by atoms with Crippen LogP contribution in [0.2, 0.25) is 0 Å². The van der Waals surface area contributed by atoms with Gasteiger partial charge in [-0.2, -0.15) is 5.26 Å². The maximum absolute atomic E-state index is 12.4. The summed E-state index contributed by atoms with van der Waals surface area (Å²) in [5.41, 5.74) is 4.85. The van der Waals surface area contributed by atoms with Crippen molar-refractivity contribution in [2.24, 2.45) is 0 Å². The third-order valence-electron chi connectivity index (χ3n) is 4.71. The molecule has 0 atom stereocenters. The molecule has 0 aliphatic rings. The molecule has 142 valence electrons. The number of carbonyl (C=O) groups is 1. The number of fused-ring (bicyclic) bond motifs is 1. The molecule has 2 aromatic heterocycles. The first-order valence-corrected chi connectivity index (χ1v) is 9.32. The zero-order chi connectivity index (χ0) is 20.2. The molecule has 29 heavy (non-hydrogen) atoms. The van der Waals surface area contributed by atoms with E-state index < -0.39 is 0 Å². The number of imidazole rings is 1. The Balaban J connectivity index is 1.55. The number of hydrogen-bond acceptors (Lipinski definition) is 4. The third-order valence-corrected chi connectivity index (χ3v) is 4.71. The highest BCUT2D eigenvalue weighted by Gasteiger charge is 2.14. The van der Waals surface area contributed by atoms with Gasteiger partial charge in [0.1, 0.15) is 11.3 Å². The number of amides is 1. The fraction of sp³-hybridized carbons (Fsp3) is 0.130. The van der Waals surface area contributed by atoms with Gasteiger partial charge in [0.25, 0.3) is 5.91 Å². The van der Waals surface area contributed by atoms with E-state index in [1.807, 2.05) is 41.8 Å². The molecule has 0 aliphatic carbocycles. The molecule has 1 amide bonds. The van der Waals surface area contributed by atoms with Gasteiger partial charge in [-0.05, 0) is 43.3 Å². The molecule has 4 rings (SSSR count). The van der Waals surface area contributed by atoms with Crippen LogP contribution in [0.1, 0.15) is 21.5 Å². The number of aryl methyl sites for hydroxylation is 1. The van der Waals surface area contributed by atoms with Crippen LogP contribution >= 0.6 is 0 Å². The number of nitrogens with one attached hydrogen (secondary N) is 1. The summed E-state index contributed by atoms with van der Waals surface area (Å²) >= 11 is 0. The number of hydrogen-bond donors (Lipinski definition) is 1. The standard InChI is InChI=1S/C23H19N5O/c1-16-4-8-18(9-5-16)21-27-20-3-2-12-25-22(20)28(21)14-13-26-23(29)19-10-6-17(15-24)7-11-19/h2-12H,13-14H2,1H3,(H,26,29). The van der Waals surface area contributed by atoms with Crippen molar-refractivity contribution in [3.63, 3.8) is 0 Å². The molecule has 1 N–H and O–H groups in total. The van der Waals surface area contributed by atoms with Crippen LogP contribution in [-0.4, -0.2) is 27.0 Å². The lowest BCUT2D eigenvalue weighted by Crippen LogP contribution is -2.27. The largest absolute Gasteiger partial charge is 0.350 e. The topological polar surface area (TPSA) is 83.6 Å². The van der Waals surface area contributed by atoms with Crippen molar-refractivity contribution < 1.29 is 4.79 Å². The fourth-order valence-electron chi connectivity index (χ4n) is 3.17. The third kappa shape index (κ3) is 3.85. The molecule has 0 saturated carbocycles. The minimum atomic E-state index is -0.177. The molecule has 6 nitrogen and oxygen atoms in total. The van der Waals surface area contributed by atoms with E-state index in [-0.39, 0.29) is 5.91 Å². The summed E-state index contributed by atoms with van der Waals surface area (Å²) < 4.78 is 2.03. The minimum Gasteiger partial charge on any atom is -0.350 e. The average molecular weight is 381 g/mol. The lowest BCUT2D eigenvalue weighted by molar-refractivity contribution is 0.0952. The lowest BCUT2D eigenvalue weighted by atomic mass is 10.1. The second-order valence-electron chi connectivity index (χ2n) is 6.74. The van der Waals surface area contributed by atoms with Crippen molar-refractivity contribution in [3.05, 3.63) is 83.6 Å². The van der Waals surface area contributed by atoms with Crippen LogP contribution < -0.4 is 5.32 Å². The second kappa shape index (κ2) is 7.95. The highest BCUT2D eigenvalue weighted by Crippen LogP contribution is 2.23. The van der Waals surface area contributed by atoms with Crippen molar-refractivity contribution in [2.45, 2.75) is 13.5 Å². The van der Waals surface area contributed by atoms with Gasteiger partial charge in [0.2, 0.25) is 0 Å². The molecular formula is C23H19N5O. The maximum atomic E-state index is 12.4. The molecule has 0 saturated heterocycles. The van der Waals surface area contributed by atoms with Gasteiger partial charge in [-0.3, -0.25) is 4.79 Å². The Bertz CT molecular complexity index is 1200. The van der Waals surface area contributed by atoms with Crippen LogP contribution in [0.25, 0.3) is 22.6 Å². The zero-order valence-electron chi connectivity index (χ0n) is 16.0. The van der Waals surface area contributed by atoms with Crippen LogP contribution in [0.3, 0.4) is 0 Å². The molecule has 0 bridgehead atoms. The molecule has 0 fully saturated rings. The molecule has 4 aromatic rings. The Morgan fingerprint density at radius 3 is 2.59 bits per heavy atom. The molecule has 0 spiro atoms. The quantitative estimate of drug-likeness (QED) is 0.571. The Morgan fingerprint density at radius 2 is 1.86 bits per heavy atom. The van der Waals surface area contributed by atoms with Gasteiger partial charge in [-0.1, -0.05) is 29.8 Å². The Kier molecular flexibility index (Phi) is 5.04. The molecule has 0 unspecified atom stereocenters. The molecule has 0 aliphatic heterocycles. The summed E-state index contributed by atoms with van der Waals surface area (Å²) in [6, 6.07) is 20.6. The first-order valence-electron chi connectivity index (χ1n) is 9.32. The highest BCUT2D eigenvalue weighted by atomic mass is 16.1. The van der Waals surface area contributed by atoms with Crippen LogP contribution in [-0.2, 0) is 6.54 Å². The minimum absolute atomic E-state index is 0.177. The van der Waals surface area contributed by atoms with E-state index >= 15 is 0 Å². The van der Waals surface area contributed by atoms with Crippen LogP contribution in [0.5, 0.6) is 0 Å². The van der Waals surface area contributed by atoms with E-state index in [0.29, 0.717) is 24.2 Å². The van der Waals surface area contributed by atoms with E-state index in [2.05, 4.69) is 22.4 Å². The molecule has 0 radical (unpaired) electrons. The molecule has 2 aromatic carbocycles. The zero-order valence-corrected chi connectivity index (χ0v) is 16.0. The van der Waals surface area contributed by atoms with Crippen molar-refractivity contribution >= 4 is 17.1 Å². The van der Waals surface area contributed by atoms with Crippen molar-refractivity contribution in [2.75, 3.05) is 6.54 Å². The van der Waals surface area contributed by atoms with Crippen LogP contribution in [0, 0.1) is 18.3 Å². The van der Waals surface area contributed by atoms with Gasteiger partial charge in [0.05, 0.1) is 11.6 Å². The van der Waals surface area contributed by atoms with E-state index in [0.717, 1.165) is 22.6 Å². The molecular weight excluding hydrogens is 362 g/mol. The Labute approximate surface area is 168 Å². The van der Waals surface area contributed by atoms with Crippen molar-refractivity contribution in [1.82, 2.24) is 19.9 Å². The van der Waals surface area contributed by atoms with Crippen LogP contribution in [0.4, 0.5) is 0 Å². The summed E-state index contributed by atoms with van der Waals surface area (Å²) in [6.45, 7) is 3.02. The van der Waals surface area contributed by atoms with Gasteiger partial charge in [-0.15, -0.1) is 0 Å². The normalized spacial score (nSPS) is 10.6. The van der Waals surface area contributed by atoms with Gasteiger partial charge in [0, 0.05) is 30.4 Å². The van der Waals surface area contributed by atoms with Crippen molar-refractivity contribution in [3.8, 4) is 17.5 Å². The average Bonchev–Trinajstić information content (AvgIpc) is 3.13. The number of nitrogens with zero attached hydrogens (tertiary/aromatic N) is 4. The second-order valence-corrected chi connectivity index (χ2v) is 6.74. The highest BCUT2D eigenvalue weighted by molar-refractivity contribution is 5.94. The number of benzene rings is 2. The van der Waals surface area contributed by atoms with E-state index in [9.17, 15) is 4.79 Å². The maximum Gasteiger partial charge on any atom is 0.251 e. The Hall–Kier alpha value is -3.98. The monoisotopic (exact) mass is 381 g/mol. The van der Waals surface area contributed by atoms with Crippen LogP contribution in [0.15, 0.2) is 66.9 Å². The first kappa shape index (κ1) is 18.4. The number of nitriles is 1. The predicted molar refractivity (Wildman–Crippen MR) is 111 cm³/mol.